The van der Waals surface area contributed by atoms with Crippen molar-refractivity contribution in [2.24, 2.45) is 5.92 Å². The second-order valence-corrected chi connectivity index (χ2v) is 10.7. The van der Waals surface area contributed by atoms with E-state index in [0.717, 1.165) is 72.3 Å². The molecule has 1 N–H and O–H groups in total. The van der Waals surface area contributed by atoms with Crippen LogP contribution in [0.1, 0.15) is 62.4 Å². The molecule has 1 aliphatic heterocycles. The van der Waals surface area contributed by atoms with Crippen molar-refractivity contribution >= 4 is 17.1 Å². The monoisotopic (exact) mass is 520 g/mol. The predicted molar refractivity (Wildman–Crippen MR) is 148 cm³/mol. The number of aromatic nitrogens is 1. The molecular weight excluding hydrogens is 480 g/mol. The molecule has 8 heteroatoms. The molecule has 0 bridgehead atoms. The lowest BCUT2D eigenvalue weighted by atomic mass is 9.91. The molecule has 1 aromatic heterocycles. The van der Waals surface area contributed by atoms with E-state index in [9.17, 15) is 10.1 Å². The molecule has 1 amide bonds. The Morgan fingerprint density at radius 3 is 2.53 bits per heavy atom. The van der Waals surface area contributed by atoms with Crippen LogP contribution in [0.15, 0.2) is 40.9 Å². The molecule has 0 atom stereocenters. The van der Waals surface area contributed by atoms with E-state index in [4.69, 9.17) is 14.0 Å². The third-order valence-electron chi connectivity index (χ3n) is 6.49. The standard InChI is InChI=1S/C28H33N3O4.C2H7N/c1-19-25(33-18-22-8-6-5-7-21(22)17-29)12-10-23-24(30-35-26(19)23)11-9-20-13-15-31(16-14-20)27(32)34-28(2,3)4;1-3-2/h5-8,10,12,20H,9,11,13-16,18H2,1-4H3;3H,1-2H3. The first-order chi connectivity index (χ1) is 18.2. The summed E-state index contributed by atoms with van der Waals surface area (Å²) in [6, 6.07) is 13.6. The Balaban J connectivity index is 0.00000127. The first kappa shape index (κ1) is 29.0. The maximum absolute atomic E-state index is 12.3. The average molecular weight is 521 g/mol. The van der Waals surface area contributed by atoms with Gasteiger partial charge in [-0.05, 0) is 91.6 Å². The molecule has 38 heavy (non-hydrogen) atoms. The Hall–Kier alpha value is -3.57. The summed E-state index contributed by atoms with van der Waals surface area (Å²) in [7, 11) is 3.75. The van der Waals surface area contributed by atoms with Crippen LogP contribution in [0.3, 0.4) is 0 Å². The molecule has 204 valence electrons. The Morgan fingerprint density at radius 2 is 1.87 bits per heavy atom. The summed E-state index contributed by atoms with van der Waals surface area (Å²) in [5, 5.41) is 17.4. The van der Waals surface area contributed by atoms with Crippen molar-refractivity contribution in [1.29, 1.82) is 5.26 Å². The van der Waals surface area contributed by atoms with E-state index in [1.54, 1.807) is 6.07 Å². The van der Waals surface area contributed by atoms with Gasteiger partial charge in [0.2, 0.25) is 0 Å². The molecule has 0 aliphatic carbocycles. The quantitative estimate of drug-likeness (QED) is 0.425. The molecule has 2 aromatic carbocycles. The number of hydrogen-bond donors (Lipinski definition) is 1. The van der Waals surface area contributed by atoms with Gasteiger partial charge in [-0.3, -0.25) is 0 Å². The molecule has 1 saturated heterocycles. The summed E-state index contributed by atoms with van der Waals surface area (Å²) in [5.74, 6) is 1.27. The second-order valence-electron chi connectivity index (χ2n) is 10.7. The van der Waals surface area contributed by atoms with E-state index >= 15 is 0 Å². The number of fused-ring (bicyclic) bond motifs is 1. The first-order valence-electron chi connectivity index (χ1n) is 13.2. The van der Waals surface area contributed by atoms with Crippen molar-refractivity contribution in [3.8, 4) is 11.8 Å². The van der Waals surface area contributed by atoms with Gasteiger partial charge in [0.15, 0.2) is 5.58 Å². The largest absolute Gasteiger partial charge is 0.488 e. The summed E-state index contributed by atoms with van der Waals surface area (Å²) in [6.45, 7) is 9.43. The summed E-state index contributed by atoms with van der Waals surface area (Å²) < 4.78 is 17.2. The third kappa shape index (κ3) is 7.72. The fraction of sp³-hybridized carbons (Fsp3) is 0.500. The molecule has 0 radical (unpaired) electrons. The van der Waals surface area contributed by atoms with Crippen LogP contribution in [-0.2, 0) is 17.8 Å². The number of piperidine rings is 1. The maximum Gasteiger partial charge on any atom is 0.410 e. The highest BCUT2D eigenvalue weighted by molar-refractivity contribution is 5.84. The number of nitrogens with zero attached hydrogens (tertiary/aromatic N) is 3. The SMILES string of the molecule is CNC.Cc1c(OCc2ccccc2C#N)ccc2c(CCC3CCN(C(=O)OC(C)(C)C)CC3)noc12. The number of nitrogens with one attached hydrogen (secondary N) is 1. The van der Waals surface area contributed by atoms with E-state index in [1.807, 2.05) is 77.0 Å². The van der Waals surface area contributed by atoms with Crippen molar-refractivity contribution in [2.75, 3.05) is 27.2 Å². The number of benzene rings is 2. The number of likely N-dealkylation sites (tertiary alicyclic amines) is 1. The van der Waals surface area contributed by atoms with Crippen LogP contribution >= 0.6 is 0 Å². The Morgan fingerprint density at radius 1 is 1.18 bits per heavy atom. The summed E-state index contributed by atoms with van der Waals surface area (Å²) in [5.41, 5.74) is 3.60. The van der Waals surface area contributed by atoms with Crippen LogP contribution in [0, 0.1) is 24.2 Å². The van der Waals surface area contributed by atoms with Gasteiger partial charge >= 0.3 is 6.09 Å². The number of carbonyl (C=O) groups excluding carboxylic acids is 1. The second kappa shape index (κ2) is 13.3. The number of nitriles is 1. The van der Waals surface area contributed by atoms with Gasteiger partial charge in [0.1, 0.15) is 18.0 Å². The van der Waals surface area contributed by atoms with Crippen LogP contribution < -0.4 is 10.1 Å². The van der Waals surface area contributed by atoms with E-state index in [0.29, 0.717) is 18.1 Å². The zero-order chi connectivity index (χ0) is 27.7. The first-order valence-corrected chi connectivity index (χ1v) is 13.2. The van der Waals surface area contributed by atoms with Gasteiger partial charge in [-0.2, -0.15) is 5.26 Å². The predicted octanol–water partition coefficient (Wildman–Crippen LogP) is 6.00. The summed E-state index contributed by atoms with van der Waals surface area (Å²) >= 11 is 0. The van der Waals surface area contributed by atoms with Crippen molar-refractivity contribution in [2.45, 2.75) is 65.6 Å². The smallest absolute Gasteiger partial charge is 0.410 e. The Labute approximate surface area is 225 Å². The van der Waals surface area contributed by atoms with Crippen molar-refractivity contribution < 1.29 is 18.8 Å². The molecule has 4 rings (SSSR count). The number of rotatable bonds is 6. The molecule has 0 saturated carbocycles. The van der Waals surface area contributed by atoms with E-state index in [1.165, 1.54) is 0 Å². The minimum atomic E-state index is -0.466. The van der Waals surface area contributed by atoms with Gasteiger partial charge < -0.3 is 24.2 Å². The number of ether oxygens (including phenoxy) is 2. The highest BCUT2D eigenvalue weighted by Crippen LogP contribution is 2.32. The molecular formula is C30H40N4O4. The van der Waals surface area contributed by atoms with Crippen LogP contribution in [0.5, 0.6) is 5.75 Å². The third-order valence-corrected chi connectivity index (χ3v) is 6.49. The minimum absolute atomic E-state index is 0.219. The minimum Gasteiger partial charge on any atom is -0.488 e. The van der Waals surface area contributed by atoms with Gasteiger partial charge in [-0.15, -0.1) is 0 Å². The molecule has 2 heterocycles. The molecule has 1 aliphatic rings. The number of amides is 1. The molecule has 1 fully saturated rings. The zero-order valence-electron chi connectivity index (χ0n) is 23.5. The normalized spacial score (nSPS) is 14.0. The number of carbonyl (C=O) groups is 1. The van der Waals surface area contributed by atoms with Gasteiger partial charge in [-0.1, -0.05) is 23.4 Å². The van der Waals surface area contributed by atoms with Crippen LogP contribution in [0.2, 0.25) is 0 Å². The average Bonchev–Trinajstić information content (AvgIpc) is 3.31. The molecule has 8 nitrogen and oxygen atoms in total. The van der Waals surface area contributed by atoms with Crippen molar-refractivity contribution in [1.82, 2.24) is 15.4 Å². The van der Waals surface area contributed by atoms with E-state index in [2.05, 4.69) is 16.5 Å². The lowest BCUT2D eigenvalue weighted by Gasteiger charge is -2.33. The maximum atomic E-state index is 12.3. The molecule has 0 unspecified atom stereocenters. The lowest BCUT2D eigenvalue weighted by Crippen LogP contribution is -2.41. The topological polar surface area (TPSA) is 101 Å². The van der Waals surface area contributed by atoms with E-state index in [-0.39, 0.29) is 6.09 Å². The van der Waals surface area contributed by atoms with Crippen LogP contribution in [-0.4, -0.2) is 48.9 Å². The molecule has 3 aromatic rings. The zero-order valence-corrected chi connectivity index (χ0v) is 23.5. The van der Waals surface area contributed by atoms with E-state index < -0.39 is 5.60 Å². The fourth-order valence-corrected chi connectivity index (χ4v) is 4.49. The Kier molecular flexibility index (Phi) is 10.1. The van der Waals surface area contributed by atoms with Gasteiger partial charge in [0.05, 0.1) is 17.3 Å². The highest BCUT2D eigenvalue weighted by Gasteiger charge is 2.27. The van der Waals surface area contributed by atoms with Gasteiger partial charge in [0, 0.05) is 29.6 Å². The Bertz CT molecular complexity index is 1250. The van der Waals surface area contributed by atoms with Crippen molar-refractivity contribution in [3.63, 3.8) is 0 Å². The highest BCUT2D eigenvalue weighted by atomic mass is 16.6. The lowest BCUT2D eigenvalue weighted by molar-refractivity contribution is 0.0181. The summed E-state index contributed by atoms with van der Waals surface area (Å²) in [6.07, 6.45) is 3.56. The van der Waals surface area contributed by atoms with Crippen LogP contribution in [0.25, 0.3) is 11.0 Å². The van der Waals surface area contributed by atoms with Crippen LogP contribution in [0.4, 0.5) is 4.79 Å². The van der Waals surface area contributed by atoms with Gasteiger partial charge in [-0.25, -0.2) is 4.79 Å². The fourth-order valence-electron chi connectivity index (χ4n) is 4.49. The molecule has 0 spiro atoms. The summed E-state index contributed by atoms with van der Waals surface area (Å²) in [4.78, 5) is 14.1. The number of hydrogen-bond acceptors (Lipinski definition) is 7. The van der Waals surface area contributed by atoms with Crippen molar-refractivity contribution in [3.05, 3.63) is 58.8 Å². The number of aryl methyl sites for hydroxylation is 2. The van der Waals surface area contributed by atoms with Gasteiger partial charge in [0.25, 0.3) is 0 Å².